The predicted octanol–water partition coefficient (Wildman–Crippen LogP) is 3.77. The molecule has 150 valence electrons. The predicted molar refractivity (Wildman–Crippen MR) is 112 cm³/mol. The van der Waals surface area contributed by atoms with Gasteiger partial charge in [-0.05, 0) is 49.9 Å². The van der Waals surface area contributed by atoms with E-state index in [-0.39, 0.29) is 18.4 Å². The van der Waals surface area contributed by atoms with Gasteiger partial charge in [-0.2, -0.15) is 0 Å². The van der Waals surface area contributed by atoms with E-state index in [9.17, 15) is 9.59 Å². The van der Waals surface area contributed by atoms with Crippen LogP contribution >= 0.6 is 0 Å². The first kappa shape index (κ1) is 19.2. The van der Waals surface area contributed by atoms with E-state index in [0.29, 0.717) is 17.9 Å². The molecular formula is C24H26N2O3. The highest BCUT2D eigenvalue weighted by Crippen LogP contribution is 2.34. The zero-order valence-electron chi connectivity index (χ0n) is 17.0. The molecule has 2 aliphatic rings. The molecular weight excluding hydrogens is 364 g/mol. The highest BCUT2D eigenvalue weighted by Gasteiger charge is 2.42. The molecule has 0 unspecified atom stereocenters. The van der Waals surface area contributed by atoms with Crippen molar-refractivity contribution in [2.45, 2.75) is 33.2 Å². The lowest BCUT2D eigenvalue weighted by molar-refractivity contribution is -0.138. The number of carbonyl (C=O) groups excluding carboxylic acids is 2. The van der Waals surface area contributed by atoms with Gasteiger partial charge in [-0.1, -0.05) is 42.0 Å². The van der Waals surface area contributed by atoms with E-state index in [0.717, 1.165) is 48.4 Å². The molecule has 5 nitrogen and oxygen atoms in total. The van der Waals surface area contributed by atoms with Crippen LogP contribution in [0.2, 0.25) is 0 Å². The first-order chi connectivity index (χ1) is 14.1. The SMILES string of the molecule is CCOc1ccc(C2=C(N3CCCC3)C(=O)N(Cc3ccc(C)cc3)C2=O)cc1. The zero-order chi connectivity index (χ0) is 20.4. The Morgan fingerprint density at radius 2 is 1.55 bits per heavy atom. The minimum absolute atomic E-state index is 0.193. The first-order valence-electron chi connectivity index (χ1n) is 10.2. The molecule has 2 aromatic rings. The van der Waals surface area contributed by atoms with Crippen LogP contribution < -0.4 is 4.74 Å². The molecule has 0 spiro atoms. The Balaban J connectivity index is 1.69. The monoisotopic (exact) mass is 390 g/mol. The van der Waals surface area contributed by atoms with Gasteiger partial charge in [0, 0.05) is 13.1 Å². The zero-order valence-corrected chi connectivity index (χ0v) is 17.0. The lowest BCUT2D eigenvalue weighted by Gasteiger charge is -2.20. The Bertz CT molecular complexity index is 939. The van der Waals surface area contributed by atoms with Gasteiger partial charge in [-0.3, -0.25) is 14.5 Å². The van der Waals surface area contributed by atoms with Gasteiger partial charge in [0.05, 0.1) is 18.7 Å². The molecule has 0 saturated carbocycles. The Hall–Kier alpha value is -3.08. The molecule has 2 aromatic carbocycles. The van der Waals surface area contributed by atoms with Crippen LogP contribution in [-0.4, -0.2) is 41.3 Å². The molecule has 0 radical (unpaired) electrons. The molecule has 0 N–H and O–H groups in total. The largest absolute Gasteiger partial charge is 0.494 e. The second-order valence-corrected chi connectivity index (χ2v) is 7.56. The molecule has 2 heterocycles. The molecule has 0 atom stereocenters. The number of hydrogen-bond donors (Lipinski definition) is 0. The number of ether oxygens (including phenoxy) is 1. The van der Waals surface area contributed by atoms with Crippen LogP contribution in [0, 0.1) is 6.92 Å². The van der Waals surface area contributed by atoms with Crippen molar-refractivity contribution >= 4 is 17.4 Å². The van der Waals surface area contributed by atoms with Crippen LogP contribution in [0.1, 0.15) is 36.5 Å². The van der Waals surface area contributed by atoms with Crippen molar-refractivity contribution in [3.8, 4) is 5.75 Å². The topological polar surface area (TPSA) is 49.9 Å². The van der Waals surface area contributed by atoms with Crippen LogP contribution in [0.5, 0.6) is 5.75 Å². The fraction of sp³-hybridized carbons (Fsp3) is 0.333. The smallest absolute Gasteiger partial charge is 0.278 e. The van der Waals surface area contributed by atoms with E-state index in [4.69, 9.17) is 4.74 Å². The second-order valence-electron chi connectivity index (χ2n) is 7.56. The Labute approximate surface area is 171 Å². The fourth-order valence-corrected chi connectivity index (χ4v) is 3.96. The molecule has 29 heavy (non-hydrogen) atoms. The number of amides is 2. The minimum Gasteiger partial charge on any atom is -0.494 e. The van der Waals surface area contributed by atoms with E-state index in [1.54, 1.807) is 0 Å². The summed E-state index contributed by atoms with van der Waals surface area (Å²) in [7, 11) is 0. The van der Waals surface area contributed by atoms with Gasteiger partial charge in [-0.25, -0.2) is 0 Å². The van der Waals surface area contributed by atoms with Crippen LogP contribution in [0.25, 0.3) is 5.57 Å². The van der Waals surface area contributed by atoms with E-state index in [1.807, 2.05) is 62.4 Å². The maximum atomic E-state index is 13.4. The second kappa shape index (κ2) is 8.11. The molecule has 0 aliphatic carbocycles. The summed E-state index contributed by atoms with van der Waals surface area (Å²) in [6, 6.07) is 15.4. The van der Waals surface area contributed by atoms with Crippen molar-refractivity contribution < 1.29 is 14.3 Å². The average molecular weight is 390 g/mol. The van der Waals surface area contributed by atoms with Gasteiger partial charge in [-0.15, -0.1) is 0 Å². The highest BCUT2D eigenvalue weighted by atomic mass is 16.5. The third kappa shape index (κ3) is 3.77. The maximum Gasteiger partial charge on any atom is 0.278 e. The molecule has 2 aliphatic heterocycles. The number of hydrogen-bond acceptors (Lipinski definition) is 4. The number of nitrogens with zero attached hydrogens (tertiary/aromatic N) is 2. The minimum atomic E-state index is -0.221. The third-order valence-electron chi connectivity index (χ3n) is 5.48. The summed E-state index contributed by atoms with van der Waals surface area (Å²) < 4.78 is 5.52. The third-order valence-corrected chi connectivity index (χ3v) is 5.48. The van der Waals surface area contributed by atoms with Gasteiger partial charge < -0.3 is 9.64 Å². The molecule has 1 saturated heterocycles. The van der Waals surface area contributed by atoms with Gasteiger partial charge >= 0.3 is 0 Å². The van der Waals surface area contributed by atoms with Gasteiger partial charge in [0.25, 0.3) is 11.8 Å². The van der Waals surface area contributed by atoms with E-state index in [2.05, 4.69) is 4.90 Å². The number of aryl methyl sites for hydroxylation is 1. The number of benzene rings is 2. The van der Waals surface area contributed by atoms with Crippen molar-refractivity contribution in [2.75, 3.05) is 19.7 Å². The summed E-state index contributed by atoms with van der Waals surface area (Å²) >= 11 is 0. The van der Waals surface area contributed by atoms with E-state index >= 15 is 0 Å². The molecule has 0 aromatic heterocycles. The van der Waals surface area contributed by atoms with Crippen molar-refractivity contribution in [2.24, 2.45) is 0 Å². The van der Waals surface area contributed by atoms with Gasteiger partial charge in [0.2, 0.25) is 0 Å². The van der Waals surface area contributed by atoms with Crippen molar-refractivity contribution in [3.63, 3.8) is 0 Å². The fourth-order valence-electron chi connectivity index (χ4n) is 3.96. The highest BCUT2D eigenvalue weighted by molar-refractivity contribution is 6.35. The normalized spacial score (nSPS) is 16.9. The van der Waals surface area contributed by atoms with Gasteiger partial charge in [0.1, 0.15) is 11.4 Å². The molecule has 0 bridgehead atoms. The lowest BCUT2D eigenvalue weighted by Crippen LogP contribution is -2.34. The summed E-state index contributed by atoms with van der Waals surface area (Å²) in [6.45, 7) is 6.45. The molecule has 2 amide bonds. The molecule has 5 heteroatoms. The number of carbonyl (C=O) groups is 2. The summed E-state index contributed by atoms with van der Waals surface area (Å²) in [4.78, 5) is 30.1. The van der Waals surface area contributed by atoms with Crippen LogP contribution in [0.15, 0.2) is 54.2 Å². The summed E-state index contributed by atoms with van der Waals surface area (Å²) in [6.07, 6.45) is 2.08. The average Bonchev–Trinajstić information content (AvgIpc) is 3.33. The summed E-state index contributed by atoms with van der Waals surface area (Å²) in [5.74, 6) is 0.343. The quantitative estimate of drug-likeness (QED) is 0.705. The van der Waals surface area contributed by atoms with E-state index in [1.165, 1.54) is 4.90 Å². The van der Waals surface area contributed by atoms with Gasteiger partial charge in [0.15, 0.2) is 0 Å². The van der Waals surface area contributed by atoms with Crippen LogP contribution in [0.4, 0.5) is 0 Å². The molecule has 4 rings (SSSR count). The standard InChI is InChI=1S/C24H26N2O3/c1-3-29-20-12-10-19(11-13-20)21-22(25-14-4-5-15-25)24(28)26(23(21)27)16-18-8-6-17(2)7-9-18/h6-13H,3-5,14-16H2,1-2H3. The lowest BCUT2D eigenvalue weighted by atomic mass is 10.0. The van der Waals surface area contributed by atoms with Crippen LogP contribution in [0.3, 0.4) is 0 Å². The van der Waals surface area contributed by atoms with Crippen molar-refractivity contribution in [1.82, 2.24) is 9.80 Å². The Kier molecular flexibility index (Phi) is 5.38. The summed E-state index contributed by atoms with van der Waals surface area (Å²) in [5.41, 5.74) is 3.92. The Morgan fingerprint density at radius 1 is 0.897 bits per heavy atom. The number of likely N-dealkylation sites (tertiary alicyclic amines) is 1. The molecule has 1 fully saturated rings. The Morgan fingerprint density at radius 3 is 2.17 bits per heavy atom. The first-order valence-corrected chi connectivity index (χ1v) is 10.2. The number of rotatable bonds is 6. The number of imide groups is 1. The van der Waals surface area contributed by atoms with Crippen molar-refractivity contribution in [1.29, 1.82) is 0 Å². The van der Waals surface area contributed by atoms with E-state index < -0.39 is 0 Å². The maximum absolute atomic E-state index is 13.4. The van der Waals surface area contributed by atoms with Crippen LogP contribution in [-0.2, 0) is 16.1 Å². The van der Waals surface area contributed by atoms with Crippen molar-refractivity contribution in [3.05, 3.63) is 70.9 Å². The summed E-state index contributed by atoms with van der Waals surface area (Å²) in [5, 5.41) is 0.